The normalized spacial score (nSPS) is 20.3. The van der Waals surface area contributed by atoms with Gasteiger partial charge in [-0.3, -0.25) is 4.90 Å². The van der Waals surface area contributed by atoms with E-state index in [0.29, 0.717) is 0 Å². The molecule has 6 heteroatoms. The largest absolute Gasteiger partial charge is 0.379 e. The van der Waals surface area contributed by atoms with E-state index in [1.807, 2.05) is 6.07 Å². The van der Waals surface area contributed by atoms with Crippen LogP contribution in [0.2, 0.25) is 0 Å². The highest BCUT2D eigenvalue weighted by molar-refractivity contribution is 9.10. The van der Waals surface area contributed by atoms with Crippen LogP contribution in [0.15, 0.2) is 35.3 Å². The molecule has 0 radical (unpaired) electrons. The number of ether oxygens (including phenoxy) is 1. The second-order valence-electron chi connectivity index (χ2n) is 4.68. The molecule has 3 rings (SSSR count). The third-order valence-corrected chi connectivity index (χ3v) is 3.94. The van der Waals surface area contributed by atoms with Gasteiger partial charge in [0, 0.05) is 31.7 Å². The minimum Gasteiger partial charge on any atom is -0.379 e. The van der Waals surface area contributed by atoms with Crippen LogP contribution in [-0.4, -0.2) is 54.4 Å². The van der Waals surface area contributed by atoms with Crippen LogP contribution in [0.3, 0.4) is 0 Å². The Balaban J connectivity index is 1.58. The third kappa shape index (κ3) is 3.08. The zero-order chi connectivity index (χ0) is 13.1. The topological polar surface area (TPSA) is 31.8 Å². The molecule has 1 aromatic heterocycles. The summed E-state index contributed by atoms with van der Waals surface area (Å²) in [6.45, 7) is 5.53. The fourth-order valence-electron chi connectivity index (χ4n) is 2.30. The summed E-state index contributed by atoms with van der Waals surface area (Å²) in [6.07, 6.45) is 6.02. The Kier molecular flexibility index (Phi) is 4.00. The molecular formula is C13H17BrN4O. The van der Waals surface area contributed by atoms with Crippen molar-refractivity contribution in [1.29, 1.82) is 0 Å². The van der Waals surface area contributed by atoms with E-state index in [9.17, 15) is 0 Å². The molecule has 5 nitrogen and oxygen atoms in total. The molecule has 102 valence electrons. The molecule has 2 aliphatic heterocycles. The Morgan fingerprint density at radius 2 is 2.11 bits per heavy atom. The van der Waals surface area contributed by atoms with Gasteiger partial charge in [-0.25, -0.2) is 4.98 Å². The summed E-state index contributed by atoms with van der Waals surface area (Å²) in [5, 5.41) is 0. The molecule has 0 spiro atoms. The predicted octanol–water partition coefficient (Wildman–Crippen LogP) is 1.68. The summed E-state index contributed by atoms with van der Waals surface area (Å²) in [5.41, 5.74) is 1.10. The van der Waals surface area contributed by atoms with Crippen molar-refractivity contribution in [3.05, 3.63) is 35.3 Å². The van der Waals surface area contributed by atoms with E-state index >= 15 is 0 Å². The van der Waals surface area contributed by atoms with E-state index in [1.54, 1.807) is 6.20 Å². The molecule has 2 aliphatic rings. The highest BCUT2D eigenvalue weighted by Gasteiger charge is 2.19. The number of halogens is 1. The lowest BCUT2D eigenvalue weighted by Gasteiger charge is -2.31. The summed E-state index contributed by atoms with van der Waals surface area (Å²) in [5.74, 6) is 0. The lowest BCUT2D eigenvalue weighted by atomic mass is 10.4. The summed E-state index contributed by atoms with van der Waals surface area (Å²) in [6, 6.07) is 4.03. The van der Waals surface area contributed by atoms with Crippen molar-refractivity contribution in [2.24, 2.45) is 0 Å². The molecule has 0 unspecified atom stereocenters. The van der Waals surface area contributed by atoms with Gasteiger partial charge in [-0.2, -0.15) is 0 Å². The minimum absolute atomic E-state index is 0.843. The molecule has 1 fully saturated rings. The summed E-state index contributed by atoms with van der Waals surface area (Å²) < 4.78 is 6.25. The average Bonchev–Trinajstić information content (AvgIpc) is 2.89. The molecule has 1 saturated heterocycles. The van der Waals surface area contributed by atoms with Crippen molar-refractivity contribution in [2.45, 2.75) is 0 Å². The minimum atomic E-state index is 0.843. The first-order valence-corrected chi connectivity index (χ1v) is 7.22. The summed E-state index contributed by atoms with van der Waals surface area (Å²) >= 11 is 3.49. The van der Waals surface area contributed by atoms with Crippen LogP contribution in [0.5, 0.6) is 0 Å². The van der Waals surface area contributed by atoms with Gasteiger partial charge in [0.1, 0.15) is 4.60 Å². The van der Waals surface area contributed by atoms with E-state index in [2.05, 4.69) is 54.1 Å². The van der Waals surface area contributed by atoms with Crippen LogP contribution < -0.4 is 4.90 Å². The highest BCUT2D eigenvalue weighted by Crippen LogP contribution is 2.26. The van der Waals surface area contributed by atoms with Gasteiger partial charge >= 0.3 is 0 Å². The van der Waals surface area contributed by atoms with Crippen LogP contribution in [0.4, 0.5) is 5.69 Å². The van der Waals surface area contributed by atoms with Crippen molar-refractivity contribution >= 4 is 21.6 Å². The fourth-order valence-corrected chi connectivity index (χ4v) is 2.78. The maximum Gasteiger partial charge on any atom is 0.129 e. The molecule has 0 N–H and O–H groups in total. The van der Waals surface area contributed by atoms with Gasteiger partial charge in [-0.05, 0) is 28.1 Å². The number of aromatic nitrogens is 1. The van der Waals surface area contributed by atoms with Gasteiger partial charge in [-0.1, -0.05) is 0 Å². The summed E-state index contributed by atoms with van der Waals surface area (Å²) in [4.78, 5) is 11.2. The SMILES string of the molecule is Brc1ncccc1N1C=CN(CN2CCOCC2)C1. The first kappa shape index (κ1) is 12.9. The smallest absolute Gasteiger partial charge is 0.129 e. The Labute approximate surface area is 121 Å². The zero-order valence-corrected chi connectivity index (χ0v) is 12.3. The number of rotatable bonds is 3. The number of morpholine rings is 1. The van der Waals surface area contributed by atoms with E-state index in [0.717, 1.165) is 49.9 Å². The Morgan fingerprint density at radius 3 is 2.89 bits per heavy atom. The maximum absolute atomic E-state index is 5.37. The lowest BCUT2D eigenvalue weighted by molar-refractivity contribution is 0.0196. The molecule has 0 bridgehead atoms. The van der Waals surface area contributed by atoms with E-state index in [-0.39, 0.29) is 0 Å². The first-order valence-electron chi connectivity index (χ1n) is 6.42. The van der Waals surface area contributed by atoms with Crippen molar-refractivity contribution in [2.75, 3.05) is 44.5 Å². The molecule has 0 aliphatic carbocycles. The van der Waals surface area contributed by atoms with E-state index in [1.165, 1.54) is 0 Å². The quantitative estimate of drug-likeness (QED) is 0.790. The van der Waals surface area contributed by atoms with Crippen LogP contribution in [0, 0.1) is 0 Å². The second kappa shape index (κ2) is 5.90. The third-order valence-electron chi connectivity index (χ3n) is 3.33. The monoisotopic (exact) mass is 324 g/mol. The van der Waals surface area contributed by atoms with Crippen molar-refractivity contribution < 1.29 is 4.74 Å². The first-order chi connectivity index (χ1) is 9.33. The molecule has 1 aromatic rings. The van der Waals surface area contributed by atoms with Gasteiger partial charge in [0.2, 0.25) is 0 Å². The van der Waals surface area contributed by atoms with Crippen LogP contribution in [0.25, 0.3) is 0 Å². The lowest BCUT2D eigenvalue weighted by Crippen LogP contribution is -2.43. The van der Waals surface area contributed by atoms with Crippen LogP contribution >= 0.6 is 15.9 Å². The average molecular weight is 325 g/mol. The van der Waals surface area contributed by atoms with Crippen LogP contribution in [-0.2, 0) is 4.74 Å². The summed E-state index contributed by atoms with van der Waals surface area (Å²) in [7, 11) is 0. The highest BCUT2D eigenvalue weighted by atomic mass is 79.9. The molecule has 0 aromatic carbocycles. The van der Waals surface area contributed by atoms with Crippen molar-refractivity contribution in [3.8, 4) is 0 Å². The Bertz CT molecular complexity index is 462. The van der Waals surface area contributed by atoms with Gasteiger partial charge in [0.25, 0.3) is 0 Å². The van der Waals surface area contributed by atoms with Crippen LogP contribution in [0.1, 0.15) is 0 Å². The number of anilines is 1. The zero-order valence-electron chi connectivity index (χ0n) is 10.7. The molecule has 0 amide bonds. The Morgan fingerprint density at radius 1 is 1.26 bits per heavy atom. The van der Waals surface area contributed by atoms with Gasteiger partial charge in [0.05, 0.1) is 32.2 Å². The van der Waals surface area contributed by atoms with E-state index < -0.39 is 0 Å². The second-order valence-corrected chi connectivity index (χ2v) is 5.43. The predicted molar refractivity (Wildman–Crippen MR) is 77.5 cm³/mol. The van der Waals surface area contributed by atoms with Gasteiger partial charge < -0.3 is 14.5 Å². The van der Waals surface area contributed by atoms with Gasteiger partial charge in [0.15, 0.2) is 0 Å². The standard InChI is InChI=1S/C13H17BrN4O/c14-13-12(2-1-3-15-13)18-5-4-17(11-18)10-16-6-8-19-9-7-16/h1-5H,6-11H2. The van der Waals surface area contributed by atoms with E-state index in [4.69, 9.17) is 4.74 Å². The number of hydrogen-bond donors (Lipinski definition) is 0. The maximum atomic E-state index is 5.37. The van der Waals surface area contributed by atoms with Gasteiger partial charge in [-0.15, -0.1) is 0 Å². The molecule has 19 heavy (non-hydrogen) atoms. The number of pyridine rings is 1. The number of nitrogens with zero attached hydrogens (tertiary/aromatic N) is 4. The molecule has 3 heterocycles. The number of hydrogen-bond acceptors (Lipinski definition) is 5. The molecule has 0 saturated carbocycles. The van der Waals surface area contributed by atoms with Crippen molar-refractivity contribution in [3.63, 3.8) is 0 Å². The van der Waals surface area contributed by atoms with Crippen molar-refractivity contribution in [1.82, 2.24) is 14.8 Å². The Hall–Kier alpha value is -1.11. The molecule has 0 atom stereocenters. The molecular weight excluding hydrogens is 308 g/mol. The fraction of sp³-hybridized carbons (Fsp3) is 0.462.